The number of benzene rings is 2. The van der Waals surface area contributed by atoms with E-state index in [4.69, 9.17) is 0 Å². The van der Waals surface area contributed by atoms with Gasteiger partial charge in [-0.1, -0.05) is 47.7 Å². The molecule has 1 N–H and O–H groups in total. The van der Waals surface area contributed by atoms with Gasteiger partial charge in [0.05, 0.1) is 5.69 Å². The third-order valence-electron chi connectivity index (χ3n) is 5.40. The number of nitrogens with one attached hydrogen (secondary N) is 1. The van der Waals surface area contributed by atoms with Crippen LogP contribution in [0.15, 0.2) is 41.4 Å². The Morgan fingerprint density at radius 1 is 1.21 bits per heavy atom. The Morgan fingerprint density at radius 2 is 1.93 bits per heavy atom. The first-order valence-corrected chi connectivity index (χ1v) is 10.8. The number of hydrogen-bond donors (Lipinski definition) is 1. The summed E-state index contributed by atoms with van der Waals surface area (Å²) in [6, 6.07) is 12.2. The Labute approximate surface area is 175 Å². The number of carbonyl (C=O) groups excluding carboxylic acids is 2. The van der Waals surface area contributed by atoms with Crippen LogP contribution in [-0.2, 0) is 16.0 Å². The number of thioether (sulfide) groups is 1. The zero-order valence-corrected chi connectivity index (χ0v) is 17.8. The van der Waals surface area contributed by atoms with Gasteiger partial charge in [-0.3, -0.25) is 9.59 Å². The Hall–Kier alpha value is -2.60. The van der Waals surface area contributed by atoms with Crippen molar-refractivity contribution < 1.29 is 9.59 Å². The maximum atomic E-state index is 13.0. The van der Waals surface area contributed by atoms with Crippen molar-refractivity contribution in [1.82, 2.24) is 5.32 Å². The molecule has 2 heterocycles. The first kappa shape index (κ1) is 19.7. The fourth-order valence-corrected chi connectivity index (χ4v) is 5.07. The van der Waals surface area contributed by atoms with Crippen LogP contribution >= 0.6 is 11.8 Å². The Bertz CT molecular complexity index is 992. The highest BCUT2D eigenvalue weighted by molar-refractivity contribution is 8.15. The largest absolute Gasteiger partial charge is 0.312 e. The lowest BCUT2D eigenvalue weighted by Crippen LogP contribution is -2.38. The van der Waals surface area contributed by atoms with Crippen molar-refractivity contribution in [3.8, 4) is 0 Å². The van der Waals surface area contributed by atoms with Crippen LogP contribution in [0.25, 0.3) is 0 Å². The van der Waals surface area contributed by atoms with E-state index in [0.29, 0.717) is 11.7 Å². The van der Waals surface area contributed by atoms with Gasteiger partial charge in [-0.2, -0.15) is 0 Å². The first-order chi connectivity index (χ1) is 13.9. The topological polar surface area (TPSA) is 61.8 Å². The molecule has 0 spiro atoms. The number of fused-ring (bicyclic) bond motifs is 1. The molecule has 0 aliphatic carbocycles. The van der Waals surface area contributed by atoms with E-state index in [9.17, 15) is 9.59 Å². The molecule has 150 valence electrons. The van der Waals surface area contributed by atoms with E-state index in [1.807, 2.05) is 36.9 Å². The molecule has 5 nitrogen and oxygen atoms in total. The minimum Gasteiger partial charge on any atom is -0.312 e. The van der Waals surface area contributed by atoms with Crippen molar-refractivity contribution >= 4 is 40.1 Å². The highest BCUT2D eigenvalue weighted by Crippen LogP contribution is 2.32. The number of aryl methyl sites for hydroxylation is 4. The molecule has 2 aliphatic heterocycles. The van der Waals surface area contributed by atoms with Crippen LogP contribution in [0.4, 0.5) is 11.4 Å². The number of para-hydroxylation sites is 1. The van der Waals surface area contributed by atoms with Crippen molar-refractivity contribution in [2.24, 2.45) is 4.99 Å². The second-order valence-corrected chi connectivity index (χ2v) is 8.93. The number of nitrogens with zero attached hydrogens (tertiary/aromatic N) is 2. The van der Waals surface area contributed by atoms with Crippen LogP contribution in [0.3, 0.4) is 0 Å². The minimum absolute atomic E-state index is 0.00579. The number of rotatable bonds is 3. The normalized spacial score (nSPS) is 20.0. The third kappa shape index (κ3) is 4.08. The van der Waals surface area contributed by atoms with E-state index in [0.717, 1.165) is 35.3 Å². The van der Waals surface area contributed by atoms with Gasteiger partial charge in [-0.25, -0.2) is 4.99 Å². The average molecular weight is 408 g/mol. The predicted octanol–water partition coefficient (Wildman–Crippen LogP) is 4.20. The zero-order valence-electron chi connectivity index (χ0n) is 17.0. The van der Waals surface area contributed by atoms with Gasteiger partial charge in [-0.05, 0) is 56.4 Å². The van der Waals surface area contributed by atoms with Gasteiger partial charge >= 0.3 is 0 Å². The van der Waals surface area contributed by atoms with E-state index in [2.05, 4.69) is 35.4 Å². The molecule has 2 aromatic rings. The van der Waals surface area contributed by atoms with Crippen molar-refractivity contribution in [2.75, 3.05) is 11.4 Å². The molecule has 1 saturated heterocycles. The zero-order chi connectivity index (χ0) is 20.5. The van der Waals surface area contributed by atoms with Gasteiger partial charge in [0.25, 0.3) is 0 Å². The van der Waals surface area contributed by atoms with Crippen molar-refractivity contribution in [1.29, 1.82) is 0 Å². The summed E-state index contributed by atoms with van der Waals surface area (Å²) in [5, 5.41) is 2.98. The van der Waals surface area contributed by atoms with Crippen LogP contribution in [0.5, 0.6) is 0 Å². The molecule has 1 unspecified atom stereocenters. The predicted molar refractivity (Wildman–Crippen MR) is 119 cm³/mol. The van der Waals surface area contributed by atoms with Crippen LogP contribution in [0, 0.1) is 20.8 Å². The highest BCUT2D eigenvalue weighted by Gasteiger charge is 2.34. The molecule has 0 aromatic heterocycles. The Kier molecular flexibility index (Phi) is 5.46. The van der Waals surface area contributed by atoms with E-state index in [1.165, 1.54) is 22.9 Å². The lowest BCUT2D eigenvalue weighted by Gasteiger charge is -2.29. The summed E-state index contributed by atoms with van der Waals surface area (Å²) < 4.78 is 0. The standard InChI is InChI=1S/C23H25N3O2S/c1-14-11-15(2)21(16(3)12-14)24-23-25-22(28)19(29-23)13-20(27)26-10-6-8-17-7-4-5-9-18(17)26/h4-5,7,9,11-12,19H,6,8,10,13H2,1-3H3,(H,24,25,28). The van der Waals surface area contributed by atoms with Crippen LogP contribution in [0.2, 0.25) is 0 Å². The fraction of sp³-hybridized carbons (Fsp3) is 0.348. The van der Waals surface area contributed by atoms with Crippen LogP contribution in [-0.4, -0.2) is 28.8 Å². The molecule has 0 radical (unpaired) electrons. The summed E-state index contributed by atoms with van der Waals surface area (Å²) in [4.78, 5) is 32.0. The molecule has 2 amide bonds. The number of aliphatic imine (C=N–C) groups is 1. The number of carbonyl (C=O) groups is 2. The van der Waals surface area contributed by atoms with Crippen molar-refractivity contribution in [2.45, 2.75) is 45.3 Å². The summed E-state index contributed by atoms with van der Waals surface area (Å²) >= 11 is 1.35. The molecule has 0 saturated carbocycles. The van der Waals surface area contributed by atoms with Gasteiger partial charge in [0.1, 0.15) is 5.25 Å². The second-order valence-electron chi connectivity index (χ2n) is 7.74. The molecular weight excluding hydrogens is 382 g/mol. The summed E-state index contributed by atoms with van der Waals surface area (Å²) in [5.74, 6) is -0.149. The second kappa shape index (κ2) is 8.03. The minimum atomic E-state index is -0.443. The average Bonchev–Trinajstić information content (AvgIpc) is 3.03. The maximum Gasteiger partial charge on any atom is 0.240 e. The molecule has 2 aromatic carbocycles. The van der Waals surface area contributed by atoms with Gasteiger partial charge in [0.2, 0.25) is 11.8 Å². The number of amidine groups is 1. The van der Waals surface area contributed by atoms with Crippen LogP contribution < -0.4 is 10.2 Å². The molecular formula is C23H25N3O2S. The molecule has 4 rings (SSSR count). The molecule has 1 atom stereocenters. The van der Waals surface area contributed by atoms with Gasteiger partial charge in [-0.15, -0.1) is 0 Å². The maximum absolute atomic E-state index is 13.0. The lowest BCUT2D eigenvalue weighted by atomic mass is 10.0. The van der Waals surface area contributed by atoms with Gasteiger partial charge < -0.3 is 10.2 Å². The molecule has 0 bridgehead atoms. The monoisotopic (exact) mass is 407 g/mol. The summed E-state index contributed by atoms with van der Waals surface area (Å²) in [5.41, 5.74) is 6.41. The molecule has 2 aliphatic rings. The smallest absolute Gasteiger partial charge is 0.240 e. The van der Waals surface area contributed by atoms with E-state index in [-0.39, 0.29) is 18.2 Å². The highest BCUT2D eigenvalue weighted by atomic mass is 32.2. The number of hydrogen-bond acceptors (Lipinski definition) is 4. The SMILES string of the molecule is Cc1cc(C)c(N=C2NC(=O)C(CC(=O)N3CCCc4ccccc43)S2)c(C)c1. The quantitative estimate of drug-likeness (QED) is 0.829. The van der Waals surface area contributed by atoms with Crippen molar-refractivity contribution in [3.05, 3.63) is 58.7 Å². The lowest BCUT2D eigenvalue weighted by molar-refractivity contribution is -0.123. The number of amides is 2. The third-order valence-corrected chi connectivity index (χ3v) is 6.48. The summed E-state index contributed by atoms with van der Waals surface area (Å²) in [6.45, 7) is 6.81. The summed E-state index contributed by atoms with van der Waals surface area (Å²) in [7, 11) is 0. The first-order valence-electron chi connectivity index (χ1n) is 9.94. The summed E-state index contributed by atoms with van der Waals surface area (Å²) in [6.07, 6.45) is 2.12. The van der Waals surface area contributed by atoms with E-state index < -0.39 is 5.25 Å². The van der Waals surface area contributed by atoms with Crippen LogP contribution in [0.1, 0.15) is 35.1 Å². The molecule has 29 heavy (non-hydrogen) atoms. The fourth-order valence-electron chi connectivity index (χ4n) is 4.10. The number of anilines is 1. The van der Waals surface area contributed by atoms with Crippen molar-refractivity contribution in [3.63, 3.8) is 0 Å². The van der Waals surface area contributed by atoms with Gasteiger partial charge in [0, 0.05) is 18.7 Å². The van der Waals surface area contributed by atoms with Gasteiger partial charge in [0.15, 0.2) is 5.17 Å². The molecule has 6 heteroatoms. The molecule has 1 fully saturated rings. The van der Waals surface area contributed by atoms with E-state index in [1.54, 1.807) is 0 Å². The Morgan fingerprint density at radius 3 is 2.69 bits per heavy atom. The van der Waals surface area contributed by atoms with E-state index >= 15 is 0 Å². The Balaban J connectivity index is 1.49.